The number of rotatable bonds is 3. The Morgan fingerprint density at radius 2 is 1.71 bits per heavy atom. The van der Waals surface area contributed by atoms with E-state index in [1.165, 1.54) is 29.2 Å². The van der Waals surface area contributed by atoms with E-state index in [-0.39, 0.29) is 29.5 Å². The van der Waals surface area contributed by atoms with Crippen LogP contribution in [0.25, 0.3) is 5.76 Å². The van der Waals surface area contributed by atoms with Crippen LogP contribution in [-0.4, -0.2) is 82.6 Å². The molecule has 3 aliphatic rings. The van der Waals surface area contributed by atoms with Gasteiger partial charge in [0.2, 0.25) is 5.78 Å². The number of halogens is 1. The summed E-state index contributed by atoms with van der Waals surface area (Å²) < 4.78 is 13.3. The standard InChI is InChI=1S/C31H30FN3O7/c1-34(2)20-13-15(8-5-14-6-9-17(32)10-7-14)25(36)22-18(20)11-16-12-19-24(35(3)4)27(38)23(30(33)41)29(40)31(19,42)28(39)21(16)26(22)37/h6-7,9-10,13,16,19,24,36-37,40,42H,11-12H2,1-4H3,(H2,33,41)/t16-,19+,24+,31+/m0/s1. The number of ketones is 2. The predicted molar refractivity (Wildman–Crippen MR) is 151 cm³/mol. The van der Waals surface area contributed by atoms with Crippen molar-refractivity contribution in [1.82, 2.24) is 4.90 Å². The van der Waals surface area contributed by atoms with Gasteiger partial charge in [0.1, 0.15) is 28.7 Å². The Labute approximate surface area is 241 Å². The lowest BCUT2D eigenvalue weighted by Crippen LogP contribution is -2.65. The molecule has 0 bridgehead atoms. The lowest BCUT2D eigenvalue weighted by molar-refractivity contribution is -0.153. The molecule has 4 atom stereocenters. The van der Waals surface area contributed by atoms with Crippen molar-refractivity contribution in [2.45, 2.75) is 24.5 Å². The third kappa shape index (κ3) is 4.14. The van der Waals surface area contributed by atoms with E-state index in [9.17, 15) is 39.2 Å². The van der Waals surface area contributed by atoms with E-state index in [4.69, 9.17) is 5.73 Å². The number of likely N-dealkylation sites (N-methyl/N-ethyl adjacent to an activating group) is 1. The minimum Gasteiger partial charge on any atom is -0.508 e. The summed E-state index contributed by atoms with van der Waals surface area (Å²) in [5.74, 6) is -1.93. The normalized spacial score (nSPS) is 25.0. The van der Waals surface area contributed by atoms with Crippen LogP contribution in [0.4, 0.5) is 10.1 Å². The predicted octanol–water partition coefficient (Wildman–Crippen LogP) is 1.57. The third-order valence-corrected chi connectivity index (χ3v) is 8.36. The molecule has 11 heteroatoms. The number of aliphatic hydroxyl groups excluding tert-OH is 2. The van der Waals surface area contributed by atoms with E-state index in [2.05, 4.69) is 11.8 Å². The van der Waals surface area contributed by atoms with Crippen LogP contribution in [0, 0.1) is 29.5 Å². The molecule has 2 aromatic carbocycles. The van der Waals surface area contributed by atoms with Crippen LogP contribution in [0.2, 0.25) is 0 Å². The maximum atomic E-state index is 14.0. The quantitative estimate of drug-likeness (QED) is 0.270. The van der Waals surface area contributed by atoms with Crippen molar-refractivity contribution in [3.8, 4) is 17.6 Å². The van der Waals surface area contributed by atoms with Gasteiger partial charge in [0.25, 0.3) is 5.91 Å². The van der Waals surface area contributed by atoms with Crippen LogP contribution >= 0.6 is 0 Å². The van der Waals surface area contributed by atoms with Crippen molar-refractivity contribution >= 4 is 28.9 Å². The molecule has 1 saturated carbocycles. The van der Waals surface area contributed by atoms with Gasteiger partial charge < -0.3 is 31.1 Å². The molecule has 6 N–H and O–H groups in total. The summed E-state index contributed by atoms with van der Waals surface area (Å²) in [7, 11) is 6.62. The molecule has 3 aliphatic carbocycles. The van der Waals surface area contributed by atoms with E-state index in [0.29, 0.717) is 16.8 Å². The fourth-order valence-corrected chi connectivity index (χ4v) is 6.46. The minimum absolute atomic E-state index is 0.00842. The lowest BCUT2D eigenvalue weighted by Gasteiger charge is -2.50. The molecule has 0 radical (unpaired) electrons. The van der Waals surface area contributed by atoms with Gasteiger partial charge in [-0.3, -0.25) is 19.3 Å². The molecule has 0 aromatic heterocycles. The Kier molecular flexibility index (Phi) is 6.88. The highest BCUT2D eigenvalue weighted by atomic mass is 19.1. The highest BCUT2D eigenvalue weighted by Gasteiger charge is 2.64. The monoisotopic (exact) mass is 575 g/mol. The van der Waals surface area contributed by atoms with Crippen LogP contribution in [-0.2, 0) is 20.8 Å². The lowest BCUT2D eigenvalue weighted by atomic mass is 9.57. The molecule has 0 heterocycles. The summed E-state index contributed by atoms with van der Waals surface area (Å²) in [4.78, 5) is 42.7. The number of fused-ring (bicyclic) bond motifs is 3. The Morgan fingerprint density at radius 1 is 1.07 bits per heavy atom. The molecule has 1 fully saturated rings. The first kappa shape index (κ1) is 28.9. The molecule has 0 unspecified atom stereocenters. The van der Waals surface area contributed by atoms with E-state index in [0.717, 1.165) is 0 Å². The van der Waals surface area contributed by atoms with Gasteiger partial charge in [0, 0.05) is 36.8 Å². The molecule has 10 nitrogen and oxygen atoms in total. The SMILES string of the molecule is CN(C)c1cc(C#Cc2ccc(F)cc2)c(O)c2c1C[C@H]1C[C@@H]3[C@@H](N(C)C)C(=O)C(C(N)=O)=C(O)[C@]3(O)C(=O)C1=C2O. The maximum Gasteiger partial charge on any atom is 0.255 e. The van der Waals surface area contributed by atoms with E-state index in [1.807, 2.05) is 0 Å². The van der Waals surface area contributed by atoms with Gasteiger partial charge in [-0.25, -0.2) is 4.39 Å². The molecule has 0 aliphatic heterocycles. The van der Waals surface area contributed by atoms with Crippen molar-refractivity contribution < 1.29 is 39.2 Å². The molecular weight excluding hydrogens is 545 g/mol. The third-order valence-electron chi connectivity index (χ3n) is 8.36. The van der Waals surface area contributed by atoms with Crippen LogP contribution < -0.4 is 10.6 Å². The van der Waals surface area contributed by atoms with Gasteiger partial charge in [0.15, 0.2) is 11.4 Å². The number of hydrogen-bond donors (Lipinski definition) is 5. The second-order valence-electron chi connectivity index (χ2n) is 11.3. The van der Waals surface area contributed by atoms with Gasteiger partial charge in [-0.2, -0.15) is 0 Å². The number of phenolic OH excluding ortho intramolecular Hbond substituents is 1. The zero-order chi connectivity index (χ0) is 30.8. The van der Waals surface area contributed by atoms with Crippen molar-refractivity contribution in [3.05, 3.63) is 75.3 Å². The van der Waals surface area contributed by atoms with Gasteiger partial charge >= 0.3 is 0 Å². The topological polar surface area (TPSA) is 165 Å². The van der Waals surface area contributed by atoms with Gasteiger partial charge in [-0.15, -0.1) is 0 Å². The number of carbonyl (C=O) groups excluding carboxylic acids is 3. The number of amides is 1. The largest absolute Gasteiger partial charge is 0.508 e. The number of nitrogens with zero attached hydrogens (tertiary/aromatic N) is 2. The minimum atomic E-state index is -2.72. The van der Waals surface area contributed by atoms with Crippen LogP contribution in [0.3, 0.4) is 0 Å². The fraction of sp³-hybridized carbons (Fsp3) is 0.323. The summed E-state index contributed by atoms with van der Waals surface area (Å²) in [6.45, 7) is 0. The van der Waals surface area contributed by atoms with Crippen LogP contribution in [0.1, 0.15) is 28.7 Å². The summed E-state index contributed by atoms with van der Waals surface area (Å²) in [6.07, 6.45) is 0.146. The molecule has 0 spiro atoms. The zero-order valence-electron chi connectivity index (χ0n) is 23.4. The Bertz CT molecular complexity index is 1680. The van der Waals surface area contributed by atoms with E-state index < -0.39 is 69.6 Å². The summed E-state index contributed by atoms with van der Waals surface area (Å²) in [5.41, 5.74) is 3.22. The number of aliphatic hydroxyl groups is 3. The number of anilines is 1. The summed E-state index contributed by atoms with van der Waals surface area (Å²) >= 11 is 0. The van der Waals surface area contributed by atoms with Crippen molar-refractivity contribution in [2.75, 3.05) is 33.1 Å². The highest BCUT2D eigenvalue weighted by Crippen LogP contribution is 2.54. The number of carbonyl (C=O) groups is 3. The van der Waals surface area contributed by atoms with Crippen molar-refractivity contribution in [1.29, 1.82) is 0 Å². The highest BCUT2D eigenvalue weighted by molar-refractivity contribution is 6.24. The fourth-order valence-electron chi connectivity index (χ4n) is 6.46. The number of nitrogens with two attached hydrogens (primary N) is 1. The van der Waals surface area contributed by atoms with Gasteiger partial charge in [-0.1, -0.05) is 11.8 Å². The molecule has 42 heavy (non-hydrogen) atoms. The maximum absolute atomic E-state index is 14.0. The van der Waals surface area contributed by atoms with E-state index in [1.54, 1.807) is 39.2 Å². The van der Waals surface area contributed by atoms with Crippen LogP contribution in [0.5, 0.6) is 5.75 Å². The number of aromatic hydroxyl groups is 1. The first-order valence-corrected chi connectivity index (χ1v) is 13.2. The van der Waals surface area contributed by atoms with Gasteiger partial charge in [-0.05, 0) is 68.8 Å². The number of Topliss-reactive ketones (excluding diaryl/α,β-unsaturated/α-hetero) is 2. The van der Waals surface area contributed by atoms with Crippen molar-refractivity contribution in [2.24, 2.45) is 17.6 Å². The number of primary amides is 1. The summed E-state index contributed by atoms with van der Waals surface area (Å²) in [6, 6.07) is 5.93. The average molecular weight is 576 g/mol. The zero-order valence-corrected chi connectivity index (χ0v) is 23.4. The molecule has 5 rings (SSSR count). The second kappa shape index (κ2) is 10.0. The Hall–Kier alpha value is -4.66. The molecular formula is C31H30FN3O7. The Balaban J connectivity index is 1.72. The number of phenols is 1. The first-order chi connectivity index (χ1) is 19.7. The average Bonchev–Trinajstić information content (AvgIpc) is 2.90. The van der Waals surface area contributed by atoms with E-state index >= 15 is 0 Å². The smallest absolute Gasteiger partial charge is 0.255 e. The molecule has 1 amide bonds. The number of benzene rings is 2. The second-order valence-corrected chi connectivity index (χ2v) is 11.3. The van der Waals surface area contributed by atoms with Gasteiger partial charge in [0.05, 0.1) is 17.2 Å². The summed E-state index contributed by atoms with van der Waals surface area (Å²) in [5, 5.41) is 45.6. The number of hydrogen-bond acceptors (Lipinski definition) is 9. The van der Waals surface area contributed by atoms with Crippen LogP contribution in [0.15, 0.2) is 47.2 Å². The Morgan fingerprint density at radius 3 is 2.29 bits per heavy atom. The first-order valence-electron chi connectivity index (χ1n) is 13.2. The van der Waals surface area contributed by atoms with Crippen molar-refractivity contribution in [3.63, 3.8) is 0 Å². The molecule has 218 valence electrons. The molecule has 0 saturated heterocycles. The molecule has 2 aromatic rings.